The van der Waals surface area contributed by atoms with E-state index < -0.39 is 0 Å². The van der Waals surface area contributed by atoms with Gasteiger partial charge in [-0.1, -0.05) is 18.2 Å². The van der Waals surface area contributed by atoms with Crippen LogP contribution in [0.2, 0.25) is 0 Å². The van der Waals surface area contributed by atoms with Crippen molar-refractivity contribution < 1.29 is 4.79 Å². The van der Waals surface area contributed by atoms with Crippen LogP contribution in [0, 0.1) is 0 Å². The van der Waals surface area contributed by atoms with Crippen LogP contribution in [0.25, 0.3) is 22.2 Å². The molecular formula is C20H19BrN6O. The van der Waals surface area contributed by atoms with Crippen molar-refractivity contribution in [1.29, 1.82) is 0 Å². The number of fused-ring (bicyclic) bond motifs is 1. The number of benzene rings is 1. The molecule has 0 atom stereocenters. The molecule has 1 N–H and O–H groups in total. The summed E-state index contributed by atoms with van der Waals surface area (Å²) >= 11 is 3.37. The largest absolute Gasteiger partial charge is 0.350 e. The number of aromatic nitrogens is 5. The van der Waals surface area contributed by atoms with Crippen LogP contribution in [0.1, 0.15) is 17.3 Å². The molecule has 0 aliphatic heterocycles. The van der Waals surface area contributed by atoms with Crippen molar-refractivity contribution >= 4 is 32.7 Å². The summed E-state index contributed by atoms with van der Waals surface area (Å²) in [6.07, 6.45) is 7.31. The minimum Gasteiger partial charge on any atom is -0.350 e. The van der Waals surface area contributed by atoms with Gasteiger partial charge in [0.05, 0.1) is 40.2 Å². The predicted molar refractivity (Wildman–Crippen MR) is 111 cm³/mol. The fraction of sp³-hybridized carbons (Fsp3) is 0.200. The molecule has 0 fully saturated rings. The summed E-state index contributed by atoms with van der Waals surface area (Å²) in [5, 5.41) is 12.3. The molecule has 0 aliphatic rings. The zero-order valence-corrected chi connectivity index (χ0v) is 16.9. The maximum Gasteiger partial charge on any atom is 0.252 e. The molecule has 0 saturated heterocycles. The molecule has 0 aliphatic carbocycles. The lowest BCUT2D eigenvalue weighted by atomic mass is 10.0. The van der Waals surface area contributed by atoms with Crippen molar-refractivity contribution in [3.63, 3.8) is 0 Å². The maximum atomic E-state index is 12.9. The van der Waals surface area contributed by atoms with Crippen LogP contribution in [0.5, 0.6) is 0 Å². The number of hydrogen-bond acceptors (Lipinski definition) is 4. The van der Waals surface area contributed by atoms with Gasteiger partial charge in [-0.15, -0.1) is 0 Å². The van der Waals surface area contributed by atoms with Crippen LogP contribution in [0.4, 0.5) is 0 Å². The van der Waals surface area contributed by atoms with Crippen LogP contribution in [-0.2, 0) is 13.1 Å². The number of amides is 1. The number of carbonyl (C=O) groups excluding carboxylic acids is 1. The van der Waals surface area contributed by atoms with Crippen LogP contribution < -0.4 is 5.32 Å². The number of para-hydroxylation sites is 1. The molecule has 0 radical (unpaired) electrons. The van der Waals surface area contributed by atoms with Crippen LogP contribution in [-0.4, -0.2) is 37.0 Å². The topological polar surface area (TPSA) is 77.6 Å². The Hall–Kier alpha value is -3.00. The normalized spacial score (nSPS) is 11.1. The molecule has 142 valence electrons. The number of hydrogen-bond donors (Lipinski definition) is 1. The molecule has 8 heteroatoms. The Morgan fingerprint density at radius 1 is 1.14 bits per heavy atom. The van der Waals surface area contributed by atoms with E-state index in [-0.39, 0.29) is 5.91 Å². The van der Waals surface area contributed by atoms with E-state index in [1.165, 1.54) is 0 Å². The average Bonchev–Trinajstić information content (AvgIpc) is 3.36. The SMILES string of the molecule is CCn1cc(-c2cc(C(=O)NCCn3cc(Br)cn3)c3ccccc3n2)cn1. The second kappa shape index (κ2) is 7.93. The van der Waals surface area contributed by atoms with Crippen LogP contribution >= 0.6 is 15.9 Å². The fourth-order valence-corrected chi connectivity index (χ4v) is 3.35. The molecule has 3 aromatic heterocycles. The van der Waals surface area contributed by atoms with Crippen molar-refractivity contribution in [1.82, 2.24) is 29.9 Å². The van der Waals surface area contributed by atoms with E-state index in [1.807, 2.05) is 54.3 Å². The zero-order chi connectivity index (χ0) is 19.5. The first-order valence-corrected chi connectivity index (χ1v) is 9.82. The van der Waals surface area contributed by atoms with E-state index in [2.05, 4.69) is 31.4 Å². The number of nitrogens with zero attached hydrogens (tertiary/aromatic N) is 5. The van der Waals surface area contributed by atoms with Gasteiger partial charge in [0.2, 0.25) is 0 Å². The molecular weight excluding hydrogens is 420 g/mol. The lowest BCUT2D eigenvalue weighted by molar-refractivity contribution is 0.0953. The van der Waals surface area contributed by atoms with Gasteiger partial charge >= 0.3 is 0 Å². The molecule has 0 bridgehead atoms. The third kappa shape index (κ3) is 3.82. The average molecular weight is 439 g/mol. The number of nitrogens with one attached hydrogen (secondary N) is 1. The summed E-state index contributed by atoms with van der Waals surface area (Å²) in [5.74, 6) is -0.131. The molecule has 4 rings (SSSR count). The molecule has 4 aromatic rings. The van der Waals surface area contributed by atoms with Gasteiger partial charge in [-0.25, -0.2) is 4.98 Å². The van der Waals surface area contributed by atoms with E-state index >= 15 is 0 Å². The first-order valence-electron chi connectivity index (χ1n) is 9.03. The molecule has 0 unspecified atom stereocenters. The monoisotopic (exact) mass is 438 g/mol. The van der Waals surface area contributed by atoms with Crippen LogP contribution in [0.3, 0.4) is 0 Å². The van der Waals surface area contributed by atoms with Gasteiger partial charge < -0.3 is 5.32 Å². The van der Waals surface area contributed by atoms with E-state index in [0.717, 1.165) is 33.2 Å². The first kappa shape index (κ1) is 18.4. The molecule has 7 nitrogen and oxygen atoms in total. The fourth-order valence-electron chi connectivity index (χ4n) is 3.02. The summed E-state index contributed by atoms with van der Waals surface area (Å²) in [4.78, 5) is 17.6. The molecule has 28 heavy (non-hydrogen) atoms. The van der Waals surface area contributed by atoms with Gasteiger partial charge in [-0.2, -0.15) is 10.2 Å². The Bertz CT molecular complexity index is 1130. The highest BCUT2D eigenvalue weighted by atomic mass is 79.9. The Morgan fingerprint density at radius 2 is 1.96 bits per heavy atom. The van der Waals surface area contributed by atoms with E-state index in [9.17, 15) is 4.79 Å². The highest BCUT2D eigenvalue weighted by Crippen LogP contribution is 2.24. The minimum atomic E-state index is -0.131. The smallest absolute Gasteiger partial charge is 0.252 e. The Kier molecular flexibility index (Phi) is 5.21. The van der Waals surface area contributed by atoms with Crippen molar-refractivity contribution in [2.24, 2.45) is 0 Å². The maximum absolute atomic E-state index is 12.9. The van der Waals surface area contributed by atoms with Gasteiger partial charge in [-0.3, -0.25) is 14.2 Å². The van der Waals surface area contributed by atoms with Gasteiger partial charge in [0.15, 0.2) is 0 Å². The highest BCUT2D eigenvalue weighted by molar-refractivity contribution is 9.10. The van der Waals surface area contributed by atoms with E-state index in [1.54, 1.807) is 17.1 Å². The van der Waals surface area contributed by atoms with Crippen LogP contribution in [0.15, 0.2) is 59.6 Å². The third-order valence-electron chi connectivity index (χ3n) is 4.44. The molecule has 0 saturated carbocycles. The zero-order valence-electron chi connectivity index (χ0n) is 15.3. The van der Waals surface area contributed by atoms with E-state index in [4.69, 9.17) is 4.98 Å². The van der Waals surface area contributed by atoms with Crippen molar-refractivity contribution in [2.45, 2.75) is 20.0 Å². The summed E-state index contributed by atoms with van der Waals surface area (Å²) in [6.45, 7) is 3.88. The predicted octanol–water partition coefficient (Wildman–Crippen LogP) is 3.51. The Balaban J connectivity index is 1.61. The number of halogens is 1. The second-order valence-electron chi connectivity index (χ2n) is 6.33. The lowest BCUT2D eigenvalue weighted by Gasteiger charge is -2.10. The number of rotatable bonds is 6. The van der Waals surface area contributed by atoms with Crippen molar-refractivity contribution in [3.8, 4) is 11.3 Å². The van der Waals surface area contributed by atoms with E-state index in [0.29, 0.717) is 18.7 Å². The van der Waals surface area contributed by atoms with Gasteiger partial charge in [-0.05, 0) is 35.0 Å². The number of aryl methyl sites for hydroxylation is 1. The lowest BCUT2D eigenvalue weighted by Crippen LogP contribution is -2.27. The molecule has 3 heterocycles. The first-order chi connectivity index (χ1) is 13.6. The minimum absolute atomic E-state index is 0.131. The highest BCUT2D eigenvalue weighted by Gasteiger charge is 2.14. The summed E-state index contributed by atoms with van der Waals surface area (Å²) in [7, 11) is 0. The summed E-state index contributed by atoms with van der Waals surface area (Å²) in [5.41, 5.74) is 3.01. The standard InChI is InChI=1S/C20H19BrN6O/c1-2-26-12-14(10-23-26)19-9-17(16-5-3-4-6-18(16)25-19)20(28)22-7-8-27-13-15(21)11-24-27/h3-6,9-13H,2,7-8H2,1H3,(H,22,28). The number of carbonyl (C=O) groups is 1. The summed E-state index contributed by atoms with van der Waals surface area (Å²) in [6, 6.07) is 9.50. The van der Waals surface area contributed by atoms with Gasteiger partial charge in [0.25, 0.3) is 5.91 Å². The Labute approximate surface area is 170 Å². The van der Waals surface area contributed by atoms with Gasteiger partial charge in [0, 0.05) is 36.4 Å². The quantitative estimate of drug-likeness (QED) is 0.499. The second-order valence-corrected chi connectivity index (χ2v) is 7.25. The van der Waals surface area contributed by atoms with Gasteiger partial charge in [0.1, 0.15) is 0 Å². The molecule has 1 aromatic carbocycles. The number of pyridine rings is 1. The van der Waals surface area contributed by atoms with Crippen molar-refractivity contribution in [3.05, 3.63) is 65.2 Å². The Morgan fingerprint density at radius 3 is 2.71 bits per heavy atom. The molecule has 1 amide bonds. The summed E-state index contributed by atoms with van der Waals surface area (Å²) < 4.78 is 4.53. The van der Waals surface area contributed by atoms with Crippen molar-refractivity contribution in [2.75, 3.05) is 6.54 Å². The molecule has 0 spiro atoms. The third-order valence-corrected chi connectivity index (χ3v) is 4.85.